The SMILES string of the molecule is CC(=O)OC(C)(C)C(=O)N1C2CC(C2)[C@H](NS(C)(=O)=O)[C@@H]1Cc1cccc(Br)c1F. The van der Waals surface area contributed by atoms with Crippen LogP contribution in [0.2, 0.25) is 0 Å². The third-order valence-corrected chi connectivity index (χ3v) is 7.09. The fourth-order valence-electron chi connectivity index (χ4n) is 4.52. The van der Waals surface area contributed by atoms with E-state index in [1.807, 2.05) is 0 Å². The largest absolute Gasteiger partial charge is 0.450 e. The maximum absolute atomic E-state index is 14.7. The Morgan fingerprint density at radius 1 is 1.33 bits per heavy atom. The number of nitrogens with one attached hydrogen (secondary N) is 1. The zero-order valence-electron chi connectivity index (χ0n) is 17.3. The molecule has 2 saturated heterocycles. The van der Waals surface area contributed by atoms with Gasteiger partial charge in [-0.05, 0) is 66.6 Å². The van der Waals surface area contributed by atoms with E-state index in [4.69, 9.17) is 4.74 Å². The first-order chi connectivity index (χ1) is 13.8. The van der Waals surface area contributed by atoms with E-state index in [1.54, 1.807) is 23.1 Å². The molecular formula is C20H26BrFN2O5S. The van der Waals surface area contributed by atoms with Gasteiger partial charge in [-0.15, -0.1) is 0 Å². The lowest BCUT2D eigenvalue weighted by atomic mass is 9.66. The quantitative estimate of drug-likeness (QED) is 0.600. The minimum Gasteiger partial charge on any atom is -0.450 e. The van der Waals surface area contributed by atoms with Crippen molar-refractivity contribution in [3.8, 4) is 0 Å². The summed E-state index contributed by atoms with van der Waals surface area (Å²) < 4.78 is 47.0. The van der Waals surface area contributed by atoms with Crippen molar-refractivity contribution in [2.24, 2.45) is 5.92 Å². The average molecular weight is 505 g/mol. The third kappa shape index (κ3) is 4.70. The Morgan fingerprint density at radius 2 is 1.97 bits per heavy atom. The molecule has 1 aromatic rings. The Balaban J connectivity index is 2.00. The highest BCUT2D eigenvalue weighted by molar-refractivity contribution is 9.10. The Morgan fingerprint density at radius 3 is 2.53 bits per heavy atom. The molecule has 2 aliphatic heterocycles. The van der Waals surface area contributed by atoms with Crippen LogP contribution in [-0.2, 0) is 30.8 Å². The van der Waals surface area contributed by atoms with Crippen LogP contribution in [0.4, 0.5) is 4.39 Å². The second-order valence-corrected chi connectivity index (χ2v) is 11.2. The van der Waals surface area contributed by atoms with Crippen LogP contribution in [0, 0.1) is 11.7 Å². The fraction of sp³-hybridized carbons (Fsp3) is 0.600. The van der Waals surface area contributed by atoms with E-state index in [2.05, 4.69) is 20.7 Å². The topological polar surface area (TPSA) is 92.8 Å². The molecule has 2 bridgehead atoms. The van der Waals surface area contributed by atoms with Crippen LogP contribution in [0.5, 0.6) is 0 Å². The number of amides is 1. The number of nitrogens with zero attached hydrogens (tertiary/aromatic N) is 1. The molecule has 1 N–H and O–H groups in total. The van der Waals surface area contributed by atoms with Crippen molar-refractivity contribution in [3.05, 3.63) is 34.1 Å². The summed E-state index contributed by atoms with van der Waals surface area (Å²) in [4.78, 5) is 26.5. The summed E-state index contributed by atoms with van der Waals surface area (Å²) in [6.45, 7) is 4.25. The van der Waals surface area contributed by atoms with Crippen molar-refractivity contribution < 1.29 is 27.1 Å². The molecule has 3 fully saturated rings. The fourth-order valence-corrected chi connectivity index (χ4v) is 5.77. The molecule has 10 heteroatoms. The van der Waals surface area contributed by atoms with Gasteiger partial charge in [0.25, 0.3) is 5.91 Å². The Kier molecular flexibility index (Phi) is 6.33. The van der Waals surface area contributed by atoms with E-state index in [0.717, 1.165) is 6.26 Å². The van der Waals surface area contributed by atoms with Gasteiger partial charge in [0.2, 0.25) is 10.0 Å². The zero-order chi connectivity index (χ0) is 22.4. The second-order valence-electron chi connectivity index (χ2n) is 8.60. The van der Waals surface area contributed by atoms with Crippen molar-refractivity contribution in [2.45, 2.75) is 63.8 Å². The number of benzene rings is 1. The normalized spacial score (nSPS) is 26.1. The van der Waals surface area contributed by atoms with Gasteiger partial charge in [-0.2, -0.15) is 0 Å². The molecule has 166 valence electrons. The molecule has 1 aliphatic carbocycles. The minimum atomic E-state index is -3.56. The summed E-state index contributed by atoms with van der Waals surface area (Å²) in [6, 6.07) is 3.63. The smallest absolute Gasteiger partial charge is 0.303 e. The van der Waals surface area contributed by atoms with E-state index in [1.165, 1.54) is 20.8 Å². The number of sulfonamides is 1. The molecule has 0 radical (unpaired) electrons. The number of hydrogen-bond acceptors (Lipinski definition) is 5. The molecule has 0 aromatic heterocycles. The zero-order valence-corrected chi connectivity index (χ0v) is 19.7. The van der Waals surface area contributed by atoms with Crippen LogP contribution in [0.15, 0.2) is 22.7 Å². The number of hydrogen-bond donors (Lipinski definition) is 1. The number of carbonyl (C=O) groups excluding carboxylic acids is 2. The van der Waals surface area contributed by atoms with Gasteiger partial charge in [0, 0.05) is 19.0 Å². The van der Waals surface area contributed by atoms with Gasteiger partial charge < -0.3 is 9.64 Å². The van der Waals surface area contributed by atoms with Gasteiger partial charge in [0.15, 0.2) is 5.60 Å². The van der Waals surface area contributed by atoms with E-state index in [0.29, 0.717) is 22.9 Å². The Bertz CT molecular complexity index is 962. The van der Waals surface area contributed by atoms with E-state index in [-0.39, 0.29) is 18.4 Å². The molecule has 1 amide bonds. The lowest BCUT2D eigenvalue weighted by Crippen LogP contribution is -2.72. The van der Waals surface area contributed by atoms with Crippen molar-refractivity contribution >= 4 is 37.8 Å². The molecular weight excluding hydrogens is 479 g/mol. The van der Waals surface area contributed by atoms with E-state index in [9.17, 15) is 22.4 Å². The van der Waals surface area contributed by atoms with Crippen molar-refractivity contribution in [1.29, 1.82) is 0 Å². The van der Waals surface area contributed by atoms with Crippen LogP contribution < -0.4 is 4.72 Å². The monoisotopic (exact) mass is 504 g/mol. The first kappa shape index (κ1) is 23.1. The first-order valence-electron chi connectivity index (χ1n) is 9.72. The standard InChI is InChI=1S/C20H26BrFN2O5S/c1-11(25)29-20(2,3)19(26)24-14-8-13(9-14)18(23-30(4,27)28)16(24)10-12-6-5-7-15(21)17(12)22/h5-7,13-14,16,18,23H,8-10H2,1-4H3/t13?,14?,16-,18-/m0/s1. The van der Waals surface area contributed by atoms with Crippen LogP contribution >= 0.6 is 15.9 Å². The Labute approximate surface area is 184 Å². The maximum atomic E-state index is 14.7. The summed E-state index contributed by atoms with van der Waals surface area (Å²) in [5.74, 6) is -1.38. The summed E-state index contributed by atoms with van der Waals surface area (Å²) in [5, 5.41) is 0. The van der Waals surface area contributed by atoms with Gasteiger partial charge in [0.05, 0.1) is 16.8 Å². The molecule has 0 spiro atoms. The summed E-state index contributed by atoms with van der Waals surface area (Å²) >= 11 is 3.17. The van der Waals surface area contributed by atoms with E-state index >= 15 is 0 Å². The lowest BCUT2D eigenvalue weighted by molar-refractivity contribution is -0.179. The number of carbonyl (C=O) groups is 2. The van der Waals surface area contributed by atoms with Gasteiger partial charge in [0.1, 0.15) is 5.82 Å². The molecule has 2 atom stereocenters. The molecule has 3 aliphatic rings. The summed E-state index contributed by atoms with van der Waals surface area (Å²) in [6.07, 6.45) is 2.50. The molecule has 30 heavy (non-hydrogen) atoms. The molecule has 7 nitrogen and oxygen atoms in total. The molecule has 1 aromatic carbocycles. The predicted molar refractivity (Wildman–Crippen MR) is 113 cm³/mol. The van der Waals surface area contributed by atoms with Gasteiger partial charge in [-0.1, -0.05) is 12.1 Å². The highest BCUT2D eigenvalue weighted by atomic mass is 79.9. The molecule has 4 rings (SSSR count). The predicted octanol–water partition coefficient (Wildman–Crippen LogP) is 2.38. The van der Waals surface area contributed by atoms with Gasteiger partial charge >= 0.3 is 5.97 Å². The number of esters is 1. The van der Waals surface area contributed by atoms with Crippen LogP contribution in [0.1, 0.15) is 39.2 Å². The highest BCUT2D eigenvalue weighted by Crippen LogP contribution is 2.45. The number of piperidine rings is 2. The highest BCUT2D eigenvalue weighted by Gasteiger charge is 2.55. The number of halogens is 2. The first-order valence-corrected chi connectivity index (χ1v) is 12.4. The summed E-state index contributed by atoms with van der Waals surface area (Å²) in [5.41, 5.74) is -1.04. The second kappa shape index (κ2) is 8.20. The van der Waals surface area contributed by atoms with Crippen molar-refractivity contribution in [3.63, 3.8) is 0 Å². The molecule has 2 heterocycles. The number of ether oxygens (including phenoxy) is 1. The van der Waals surface area contributed by atoms with Gasteiger partial charge in [-0.3, -0.25) is 9.59 Å². The third-order valence-electron chi connectivity index (χ3n) is 5.78. The maximum Gasteiger partial charge on any atom is 0.303 e. The number of rotatable bonds is 6. The van der Waals surface area contributed by atoms with Crippen LogP contribution in [-0.4, -0.2) is 55.2 Å². The van der Waals surface area contributed by atoms with Crippen LogP contribution in [0.3, 0.4) is 0 Å². The molecule has 0 unspecified atom stereocenters. The number of fused-ring (bicyclic) bond motifs is 2. The minimum absolute atomic E-state index is 0.0610. The lowest BCUT2D eigenvalue weighted by Gasteiger charge is -2.59. The van der Waals surface area contributed by atoms with Crippen molar-refractivity contribution in [2.75, 3.05) is 6.26 Å². The average Bonchev–Trinajstić information content (AvgIpc) is 2.55. The van der Waals surface area contributed by atoms with Crippen LogP contribution in [0.25, 0.3) is 0 Å². The van der Waals surface area contributed by atoms with Gasteiger partial charge in [-0.25, -0.2) is 17.5 Å². The Hall–Kier alpha value is -1.52. The van der Waals surface area contributed by atoms with Crippen molar-refractivity contribution in [1.82, 2.24) is 9.62 Å². The summed E-state index contributed by atoms with van der Waals surface area (Å²) in [7, 11) is -3.56. The van der Waals surface area contributed by atoms with E-state index < -0.39 is 45.4 Å². The molecule has 1 saturated carbocycles.